The average molecular weight is 237 g/mol. The van der Waals surface area contributed by atoms with Gasteiger partial charge in [-0.1, -0.05) is 11.8 Å². The van der Waals surface area contributed by atoms with E-state index in [1.807, 2.05) is 0 Å². The summed E-state index contributed by atoms with van der Waals surface area (Å²) in [6.45, 7) is 5.25. The van der Waals surface area contributed by atoms with Crippen molar-refractivity contribution in [3.05, 3.63) is 0 Å². The molecule has 5 heteroatoms. The average Bonchev–Trinajstić information content (AvgIpc) is 2.35. The molecule has 3 unspecified atom stereocenters. The Labute approximate surface area is 99.7 Å². The van der Waals surface area contributed by atoms with Gasteiger partial charge in [-0.05, 0) is 27.2 Å². The second-order valence-electron chi connectivity index (χ2n) is 5.32. The van der Waals surface area contributed by atoms with Crippen molar-refractivity contribution in [1.29, 1.82) is 0 Å². The number of fused-ring (bicyclic) bond motifs is 1. The van der Waals surface area contributed by atoms with Gasteiger partial charge in [0.2, 0.25) is 0 Å². The zero-order valence-corrected chi connectivity index (χ0v) is 10.1. The Bertz CT molecular complexity index is 426. The molecule has 0 aromatic carbocycles. The lowest BCUT2D eigenvalue weighted by Crippen LogP contribution is -2.48. The van der Waals surface area contributed by atoms with Crippen molar-refractivity contribution in [2.24, 2.45) is 5.92 Å². The van der Waals surface area contributed by atoms with E-state index in [-0.39, 0.29) is 12.0 Å². The lowest BCUT2D eigenvalue weighted by atomic mass is 9.92. The van der Waals surface area contributed by atoms with Gasteiger partial charge in [0.05, 0.1) is 5.92 Å². The first-order valence-corrected chi connectivity index (χ1v) is 5.55. The van der Waals surface area contributed by atoms with Crippen molar-refractivity contribution < 1.29 is 19.4 Å². The highest BCUT2D eigenvalue weighted by atomic mass is 16.6. The van der Waals surface area contributed by atoms with Gasteiger partial charge in [-0.3, -0.25) is 4.90 Å². The quantitative estimate of drug-likeness (QED) is 0.693. The fourth-order valence-electron chi connectivity index (χ4n) is 2.05. The molecule has 0 aromatic rings. The molecule has 2 aliphatic rings. The Morgan fingerprint density at radius 1 is 1.35 bits per heavy atom. The van der Waals surface area contributed by atoms with E-state index in [9.17, 15) is 9.59 Å². The van der Waals surface area contributed by atoms with E-state index in [0.717, 1.165) is 0 Å². The van der Waals surface area contributed by atoms with E-state index in [2.05, 4.69) is 11.8 Å². The molecule has 1 N–H and O–H groups in total. The smallest absolute Gasteiger partial charge is 0.412 e. The van der Waals surface area contributed by atoms with Crippen LogP contribution in [0.3, 0.4) is 0 Å². The molecular formula is C12H15NO4. The van der Waals surface area contributed by atoms with Crippen LogP contribution in [-0.2, 0) is 9.53 Å². The molecule has 92 valence electrons. The van der Waals surface area contributed by atoms with Crippen LogP contribution in [-0.4, -0.2) is 39.8 Å². The normalized spacial score (nSPS) is 29.8. The van der Waals surface area contributed by atoms with Crippen molar-refractivity contribution >= 4 is 12.1 Å². The number of amides is 1. The highest BCUT2D eigenvalue weighted by Crippen LogP contribution is 2.34. The van der Waals surface area contributed by atoms with Crippen LogP contribution in [0.1, 0.15) is 27.2 Å². The monoisotopic (exact) mass is 237 g/mol. The number of likely N-dealkylation sites (tertiary alicyclic amines) is 1. The molecule has 1 saturated heterocycles. The molecule has 0 bridgehead atoms. The van der Waals surface area contributed by atoms with Crippen LogP contribution in [0.25, 0.3) is 0 Å². The maximum atomic E-state index is 11.9. The standard InChI is InChI=1S/C12H15NO4/c1-12(2,3)17-11(16)13-8-5-4-7(8)6-9(13)10(14)15/h7-9H,6H2,1-3H3,(H,14,15). The molecule has 1 aliphatic heterocycles. The van der Waals surface area contributed by atoms with Crippen molar-refractivity contribution in [3.63, 3.8) is 0 Å². The summed E-state index contributed by atoms with van der Waals surface area (Å²) in [7, 11) is 0. The Kier molecular flexibility index (Phi) is 2.53. The number of nitrogens with zero attached hydrogens (tertiary/aromatic N) is 1. The summed E-state index contributed by atoms with van der Waals surface area (Å²) in [5.41, 5.74) is -0.630. The molecule has 0 aromatic heterocycles. The first kappa shape index (κ1) is 11.8. The molecule has 1 heterocycles. The Hall–Kier alpha value is -1.70. The second kappa shape index (κ2) is 3.66. The molecule has 0 saturated carbocycles. The number of hydrogen-bond acceptors (Lipinski definition) is 3. The van der Waals surface area contributed by atoms with Gasteiger partial charge in [-0.15, -0.1) is 0 Å². The van der Waals surface area contributed by atoms with Gasteiger partial charge >= 0.3 is 12.1 Å². The fourth-order valence-corrected chi connectivity index (χ4v) is 2.05. The maximum Gasteiger partial charge on any atom is 0.412 e. The summed E-state index contributed by atoms with van der Waals surface area (Å²) in [4.78, 5) is 24.3. The second-order valence-corrected chi connectivity index (χ2v) is 5.32. The third kappa shape index (κ3) is 2.07. The first-order valence-electron chi connectivity index (χ1n) is 5.55. The summed E-state index contributed by atoms with van der Waals surface area (Å²) in [5, 5.41) is 9.09. The van der Waals surface area contributed by atoms with Gasteiger partial charge in [0.25, 0.3) is 0 Å². The minimum atomic E-state index is -1.01. The molecule has 0 spiro atoms. The van der Waals surface area contributed by atoms with E-state index in [1.165, 1.54) is 4.90 Å². The van der Waals surface area contributed by atoms with Gasteiger partial charge in [-0.25, -0.2) is 9.59 Å². The van der Waals surface area contributed by atoms with E-state index in [4.69, 9.17) is 9.84 Å². The van der Waals surface area contributed by atoms with Crippen LogP contribution < -0.4 is 0 Å². The zero-order valence-electron chi connectivity index (χ0n) is 10.1. The predicted octanol–water partition coefficient (Wildman–Crippen LogP) is 1.08. The van der Waals surface area contributed by atoms with Crippen LogP contribution in [0.4, 0.5) is 4.79 Å². The Morgan fingerprint density at radius 2 is 2.00 bits per heavy atom. The van der Waals surface area contributed by atoms with Gasteiger partial charge in [0.1, 0.15) is 17.7 Å². The first-order chi connectivity index (χ1) is 7.79. The minimum Gasteiger partial charge on any atom is -0.480 e. The summed E-state index contributed by atoms with van der Waals surface area (Å²) in [6.07, 6.45) is -0.196. The number of rotatable bonds is 1. The highest BCUT2D eigenvalue weighted by Gasteiger charge is 2.50. The van der Waals surface area contributed by atoms with Gasteiger partial charge in [-0.2, -0.15) is 0 Å². The topological polar surface area (TPSA) is 66.8 Å². The van der Waals surface area contributed by atoms with Crippen molar-refractivity contribution in [1.82, 2.24) is 4.90 Å². The SMILES string of the molecule is CC(C)(C)OC(=O)N1C(C(=O)O)CC2C#CC21. The number of carbonyl (C=O) groups is 2. The molecule has 2 rings (SSSR count). The van der Waals surface area contributed by atoms with Gasteiger partial charge < -0.3 is 9.84 Å². The Balaban J connectivity index is 2.15. The van der Waals surface area contributed by atoms with Gasteiger partial charge in [0, 0.05) is 0 Å². The summed E-state index contributed by atoms with van der Waals surface area (Å²) in [6, 6.07) is -1.12. The largest absolute Gasteiger partial charge is 0.480 e. The number of aliphatic carboxylic acids is 1. The lowest BCUT2D eigenvalue weighted by Gasteiger charge is -2.30. The number of ether oxygens (including phenoxy) is 1. The van der Waals surface area contributed by atoms with Crippen LogP contribution in [0.5, 0.6) is 0 Å². The van der Waals surface area contributed by atoms with Crippen LogP contribution in [0, 0.1) is 17.8 Å². The van der Waals surface area contributed by atoms with Crippen molar-refractivity contribution in [3.8, 4) is 11.8 Å². The summed E-state index contributed by atoms with van der Waals surface area (Å²) >= 11 is 0. The van der Waals surface area contributed by atoms with Crippen LogP contribution in [0.2, 0.25) is 0 Å². The van der Waals surface area contributed by atoms with Crippen molar-refractivity contribution in [2.75, 3.05) is 0 Å². The zero-order chi connectivity index (χ0) is 12.8. The number of carbonyl (C=O) groups excluding carboxylic acids is 1. The number of hydrogen-bond donors (Lipinski definition) is 1. The molecule has 0 radical (unpaired) electrons. The highest BCUT2D eigenvalue weighted by molar-refractivity contribution is 5.82. The molecular weight excluding hydrogens is 222 g/mol. The molecule has 1 aliphatic carbocycles. The third-order valence-electron chi connectivity index (χ3n) is 2.80. The third-order valence-corrected chi connectivity index (χ3v) is 2.80. The molecule has 5 nitrogen and oxygen atoms in total. The van der Waals surface area contributed by atoms with E-state index >= 15 is 0 Å². The summed E-state index contributed by atoms with van der Waals surface area (Å²) < 4.78 is 5.21. The molecule has 3 atom stereocenters. The molecule has 1 amide bonds. The molecule has 17 heavy (non-hydrogen) atoms. The molecule has 1 fully saturated rings. The minimum absolute atomic E-state index is 0.0105. The fraction of sp³-hybridized carbons (Fsp3) is 0.667. The number of carboxylic acids is 1. The Morgan fingerprint density at radius 3 is 2.41 bits per heavy atom. The lowest BCUT2D eigenvalue weighted by molar-refractivity contribution is -0.142. The maximum absolute atomic E-state index is 11.9. The van der Waals surface area contributed by atoms with E-state index < -0.39 is 23.7 Å². The number of carboxylic acid groups (broad SMARTS) is 1. The van der Waals surface area contributed by atoms with Gasteiger partial charge in [0.15, 0.2) is 0 Å². The van der Waals surface area contributed by atoms with E-state index in [1.54, 1.807) is 20.8 Å². The predicted molar refractivity (Wildman–Crippen MR) is 59.2 cm³/mol. The van der Waals surface area contributed by atoms with Crippen molar-refractivity contribution in [2.45, 2.75) is 44.9 Å². The summed E-state index contributed by atoms with van der Waals surface area (Å²) in [5.74, 6) is 4.68. The van der Waals surface area contributed by atoms with E-state index in [0.29, 0.717) is 6.42 Å². The van der Waals surface area contributed by atoms with Crippen LogP contribution in [0.15, 0.2) is 0 Å². The van der Waals surface area contributed by atoms with Crippen LogP contribution >= 0.6 is 0 Å².